The molecule has 116 valence electrons. The highest BCUT2D eigenvalue weighted by Crippen LogP contribution is 2.17. The number of sulfonamides is 1. The summed E-state index contributed by atoms with van der Waals surface area (Å²) in [5.41, 5.74) is 0.273. The van der Waals surface area contributed by atoms with Crippen LogP contribution in [0.15, 0.2) is 23.1 Å². The molecule has 1 aromatic carbocycles. The maximum atomic E-state index is 12.2. The molecule has 21 heavy (non-hydrogen) atoms. The maximum absolute atomic E-state index is 12.2. The van der Waals surface area contributed by atoms with E-state index < -0.39 is 33.9 Å². The van der Waals surface area contributed by atoms with Gasteiger partial charge in [-0.15, -0.1) is 0 Å². The van der Waals surface area contributed by atoms with E-state index in [1.807, 2.05) is 0 Å². The minimum Gasteiger partial charge on any atom is -0.480 e. The maximum Gasteiger partial charge on any atom is 0.335 e. The summed E-state index contributed by atoms with van der Waals surface area (Å²) in [6.07, 6.45) is 0. The Balaban J connectivity index is 3.22. The quantitative estimate of drug-likeness (QED) is 0.722. The fourth-order valence-corrected chi connectivity index (χ4v) is 3.07. The van der Waals surface area contributed by atoms with Crippen LogP contribution < -0.4 is 4.72 Å². The molecule has 0 aliphatic carbocycles. The SMILES string of the molecule is Cc1ccc(S(=O)(=O)NC(C(=O)O)C(C)C)cc1C(=O)O. The first-order valence-corrected chi connectivity index (χ1v) is 7.63. The predicted octanol–water partition coefficient (Wildman–Crippen LogP) is 1.08. The molecule has 1 aromatic rings. The van der Waals surface area contributed by atoms with E-state index in [2.05, 4.69) is 4.72 Å². The van der Waals surface area contributed by atoms with E-state index in [4.69, 9.17) is 10.2 Å². The van der Waals surface area contributed by atoms with Gasteiger partial charge in [0.1, 0.15) is 6.04 Å². The fourth-order valence-electron chi connectivity index (χ4n) is 1.71. The number of hydrogen-bond donors (Lipinski definition) is 3. The van der Waals surface area contributed by atoms with Crippen molar-refractivity contribution in [2.24, 2.45) is 5.92 Å². The van der Waals surface area contributed by atoms with E-state index in [1.165, 1.54) is 12.1 Å². The minimum atomic E-state index is -4.12. The van der Waals surface area contributed by atoms with E-state index in [9.17, 15) is 18.0 Å². The summed E-state index contributed by atoms with van der Waals surface area (Å²) in [6, 6.07) is 2.33. The third-order valence-corrected chi connectivity index (χ3v) is 4.40. The highest BCUT2D eigenvalue weighted by Gasteiger charge is 2.28. The van der Waals surface area contributed by atoms with Gasteiger partial charge in [0.15, 0.2) is 0 Å². The van der Waals surface area contributed by atoms with E-state index in [0.29, 0.717) is 5.56 Å². The van der Waals surface area contributed by atoms with Crippen LogP contribution in [-0.4, -0.2) is 36.6 Å². The fraction of sp³-hybridized carbons (Fsp3) is 0.385. The zero-order chi connectivity index (χ0) is 16.4. The molecule has 0 radical (unpaired) electrons. The van der Waals surface area contributed by atoms with Crippen LogP contribution in [-0.2, 0) is 14.8 Å². The van der Waals surface area contributed by atoms with E-state index in [1.54, 1.807) is 20.8 Å². The van der Waals surface area contributed by atoms with Crippen LogP contribution in [0.1, 0.15) is 29.8 Å². The number of benzene rings is 1. The monoisotopic (exact) mass is 315 g/mol. The second-order valence-corrected chi connectivity index (χ2v) is 6.68. The van der Waals surface area contributed by atoms with Gasteiger partial charge in [-0.05, 0) is 30.5 Å². The van der Waals surface area contributed by atoms with Gasteiger partial charge in [0, 0.05) is 0 Å². The molecule has 0 heterocycles. The van der Waals surface area contributed by atoms with Crippen LogP contribution >= 0.6 is 0 Å². The molecule has 8 heteroatoms. The van der Waals surface area contributed by atoms with Crippen LogP contribution in [0, 0.1) is 12.8 Å². The van der Waals surface area contributed by atoms with Crippen molar-refractivity contribution in [3.05, 3.63) is 29.3 Å². The Morgan fingerprint density at radius 1 is 1.19 bits per heavy atom. The van der Waals surface area contributed by atoms with Crippen molar-refractivity contribution in [1.82, 2.24) is 4.72 Å². The summed E-state index contributed by atoms with van der Waals surface area (Å²) in [5, 5.41) is 18.0. The van der Waals surface area contributed by atoms with Gasteiger partial charge in [-0.2, -0.15) is 4.72 Å². The van der Waals surface area contributed by atoms with Crippen molar-refractivity contribution in [1.29, 1.82) is 0 Å². The third-order valence-electron chi connectivity index (χ3n) is 2.96. The number of aryl methyl sites for hydroxylation is 1. The Hall–Kier alpha value is -1.93. The van der Waals surface area contributed by atoms with E-state index in [-0.39, 0.29) is 10.5 Å². The minimum absolute atomic E-state index is 0.144. The summed E-state index contributed by atoms with van der Waals surface area (Å²) in [7, 11) is -4.12. The van der Waals surface area contributed by atoms with Gasteiger partial charge >= 0.3 is 11.9 Å². The summed E-state index contributed by atoms with van der Waals surface area (Å²) in [4.78, 5) is 21.8. The molecule has 1 atom stereocenters. The van der Waals surface area contributed by atoms with E-state index >= 15 is 0 Å². The van der Waals surface area contributed by atoms with Gasteiger partial charge in [-0.25, -0.2) is 13.2 Å². The standard InChI is InChI=1S/C13H17NO6S/c1-7(2)11(13(17)18)14-21(19,20)9-5-4-8(3)10(6-9)12(15)16/h4-7,11,14H,1-3H3,(H,15,16)(H,17,18). The van der Waals surface area contributed by atoms with Gasteiger partial charge in [0.2, 0.25) is 10.0 Å². The number of carbonyl (C=O) groups is 2. The van der Waals surface area contributed by atoms with Gasteiger partial charge in [0.25, 0.3) is 0 Å². The lowest BCUT2D eigenvalue weighted by Crippen LogP contribution is -2.44. The van der Waals surface area contributed by atoms with Crippen molar-refractivity contribution in [2.45, 2.75) is 31.7 Å². The number of hydrogen-bond acceptors (Lipinski definition) is 4. The lowest BCUT2D eigenvalue weighted by atomic mass is 10.1. The molecule has 3 N–H and O–H groups in total. The highest BCUT2D eigenvalue weighted by molar-refractivity contribution is 7.89. The molecule has 1 unspecified atom stereocenters. The second kappa shape index (κ2) is 6.23. The van der Waals surface area contributed by atoms with Crippen molar-refractivity contribution in [2.75, 3.05) is 0 Å². The van der Waals surface area contributed by atoms with Gasteiger partial charge in [-0.3, -0.25) is 4.79 Å². The summed E-state index contributed by atoms with van der Waals surface area (Å²) in [5.74, 6) is -3.00. The predicted molar refractivity (Wildman–Crippen MR) is 74.7 cm³/mol. The molecule has 0 aromatic heterocycles. The second-order valence-electron chi connectivity index (χ2n) is 4.96. The number of nitrogens with one attached hydrogen (secondary N) is 1. The van der Waals surface area contributed by atoms with Crippen molar-refractivity contribution in [3.63, 3.8) is 0 Å². The summed E-state index contributed by atoms with van der Waals surface area (Å²) < 4.78 is 26.4. The van der Waals surface area contributed by atoms with Crippen LogP contribution in [0.5, 0.6) is 0 Å². The number of rotatable bonds is 6. The summed E-state index contributed by atoms with van der Waals surface area (Å²) in [6.45, 7) is 4.68. The summed E-state index contributed by atoms with van der Waals surface area (Å²) >= 11 is 0. The highest BCUT2D eigenvalue weighted by atomic mass is 32.2. The Morgan fingerprint density at radius 2 is 1.76 bits per heavy atom. The van der Waals surface area contributed by atoms with Crippen molar-refractivity contribution in [3.8, 4) is 0 Å². The zero-order valence-corrected chi connectivity index (χ0v) is 12.6. The third kappa shape index (κ3) is 4.02. The molecule has 7 nitrogen and oxygen atoms in total. The zero-order valence-electron chi connectivity index (χ0n) is 11.8. The van der Waals surface area contributed by atoms with Crippen LogP contribution in [0.3, 0.4) is 0 Å². The average molecular weight is 315 g/mol. The number of aliphatic carboxylic acids is 1. The number of carboxylic acid groups (broad SMARTS) is 2. The molecular weight excluding hydrogens is 298 g/mol. The molecule has 0 saturated heterocycles. The van der Waals surface area contributed by atoms with Crippen LogP contribution in [0.4, 0.5) is 0 Å². The topological polar surface area (TPSA) is 121 Å². The molecule has 0 saturated carbocycles. The number of carboxylic acids is 2. The van der Waals surface area contributed by atoms with Crippen molar-refractivity contribution < 1.29 is 28.2 Å². The van der Waals surface area contributed by atoms with Crippen LogP contribution in [0.2, 0.25) is 0 Å². The normalized spacial score (nSPS) is 13.1. The Morgan fingerprint density at radius 3 is 2.19 bits per heavy atom. The molecule has 1 rings (SSSR count). The van der Waals surface area contributed by atoms with Gasteiger partial charge in [0.05, 0.1) is 10.5 Å². The first-order valence-electron chi connectivity index (χ1n) is 6.15. The lowest BCUT2D eigenvalue weighted by molar-refractivity contribution is -0.140. The largest absolute Gasteiger partial charge is 0.480 e. The molecule has 0 amide bonds. The van der Waals surface area contributed by atoms with Gasteiger partial charge in [-0.1, -0.05) is 19.9 Å². The Bertz CT molecular complexity index is 665. The number of aromatic carboxylic acids is 1. The molecular formula is C13H17NO6S. The first kappa shape index (κ1) is 17.1. The smallest absolute Gasteiger partial charge is 0.335 e. The average Bonchev–Trinajstić information content (AvgIpc) is 2.35. The molecule has 0 bridgehead atoms. The van der Waals surface area contributed by atoms with Crippen LogP contribution in [0.25, 0.3) is 0 Å². The van der Waals surface area contributed by atoms with Gasteiger partial charge < -0.3 is 10.2 Å². The lowest BCUT2D eigenvalue weighted by Gasteiger charge is -2.18. The van der Waals surface area contributed by atoms with Crippen molar-refractivity contribution >= 4 is 22.0 Å². The van der Waals surface area contributed by atoms with E-state index in [0.717, 1.165) is 6.07 Å². The molecule has 0 fully saturated rings. The Labute approximate surface area is 122 Å². The Kier molecular flexibility index (Phi) is 5.08. The molecule has 0 aliphatic heterocycles. The first-order chi connectivity index (χ1) is 9.56. The molecule has 0 spiro atoms. The molecule has 0 aliphatic rings.